The summed E-state index contributed by atoms with van der Waals surface area (Å²) in [5, 5.41) is 6.79. The zero-order valence-electron chi connectivity index (χ0n) is 17.3. The molecule has 0 aromatic carbocycles. The molecule has 0 aliphatic carbocycles. The predicted octanol–water partition coefficient (Wildman–Crippen LogP) is 3.34. The maximum Gasteiger partial charge on any atom is 0.253 e. The molecule has 1 N–H and O–H groups in total. The van der Waals surface area contributed by atoms with Gasteiger partial charge in [0, 0.05) is 43.2 Å². The second-order valence-electron chi connectivity index (χ2n) is 7.69. The number of aromatic nitrogens is 3. The molecule has 0 bridgehead atoms. The van der Waals surface area contributed by atoms with Crippen LogP contribution in [0.3, 0.4) is 0 Å². The Morgan fingerprint density at radius 2 is 2.17 bits per heavy atom. The van der Waals surface area contributed by atoms with E-state index in [-0.39, 0.29) is 5.91 Å². The molecule has 1 atom stereocenters. The SMILES string of the molecule is CCc1cc(CNC(=O)c2ccc([C@@H]3CCCN(Cc4ccccn4)C3)nc2)on1. The monoisotopic (exact) mass is 405 g/mol. The minimum atomic E-state index is -0.163. The lowest BCUT2D eigenvalue weighted by Gasteiger charge is -2.32. The smallest absolute Gasteiger partial charge is 0.253 e. The quantitative estimate of drug-likeness (QED) is 0.649. The maximum atomic E-state index is 12.4. The fraction of sp³-hybridized carbons (Fsp3) is 0.391. The molecule has 0 radical (unpaired) electrons. The minimum Gasteiger partial charge on any atom is -0.359 e. The Balaban J connectivity index is 1.32. The first kappa shape index (κ1) is 20.2. The summed E-state index contributed by atoms with van der Waals surface area (Å²) in [4.78, 5) is 23.9. The van der Waals surface area contributed by atoms with Crippen LogP contribution in [0.15, 0.2) is 53.3 Å². The van der Waals surface area contributed by atoms with Crippen molar-refractivity contribution < 1.29 is 9.32 Å². The van der Waals surface area contributed by atoms with E-state index < -0.39 is 0 Å². The summed E-state index contributed by atoms with van der Waals surface area (Å²) in [6.45, 7) is 5.23. The first-order chi connectivity index (χ1) is 14.7. The van der Waals surface area contributed by atoms with Gasteiger partial charge >= 0.3 is 0 Å². The summed E-state index contributed by atoms with van der Waals surface area (Å²) in [6.07, 6.45) is 6.57. The normalized spacial score (nSPS) is 17.0. The number of nitrogens with zero attached hydrogens (tertiary/aromatic N) is 4. The van der Waals surface area contributed by atoms with Crippen molar-refractivity contribution in [1.29, 1.82) is 0 Å². The van der Waals surface area contributed by atoms with Gasteiger partial charge in [-0.2, -0.15) is 0 Å². The van der Waals surface area contributed by atoms with Crippen LogP contribution in [0.2, 0.25) is 0 Å². The second kappa shape index (κ2) is 9.63. The van der Waals surface area contributed by atoms with E-state index in [9.17, 15) is 4.79 Å². The number of amides is 1. The van der Waals surface area contributed by atoms with Gasteiger partial charge in [0.25, 0.3) is 5.91 Å². The van der Waals surface area contributed by atoms with Gasteiger partial charge in [0.1, 0.15) is 0 Å². The Kier molecular flexibility index (Phi) is 6.49. The number of hydrogen-bond donors (Lipinski definition) is 1. The lowest BCUT2D eigenvalue weighted by atomic mass is 9.94. The van der Waals surface area contributed by atoms with E-state index in [2.05, 4.69) is 31.4 Å². The zero-order valence-corrected chi connectivity index (χ0v) is 17.3. The molecule has 0 spiro atoms. The highest BCUT2D eigenvalue weighted by molar-refractivity contribution is 5.93. The van der Waals surface area contributed by atoms with Gasteiger partial charge in [-0.15, -0.1) is 0 Å². The van der Waals surface area contributed by atoms with Crippen molar-refractivity contribution in [3.8, 4) is 0 Å². The van der Waals surface area contributed by atoms with Crippen LogP contribution in [0.25, 0.3) is 0 Å². The average molecular weight is 406 g/mol. The zero-order chi connectivity index (χ0) is 20.8. The van der Waals surface area contributed by atoms with Crippen LogP contribution in [0.1, 0.15) is 58.9 Å². The van der Waals surface area contributed by atoms with Crippen LogP contribution in [0, 0.1) is 0 Å². The summed E-state index contributed by atoms with van der Waals surface area (Å²) < 4.78 is 5.20. The molecular weight excluding hydrogens is 378 g/mol. The number of rotatable bonds is 7. The summed E-state index contributed by atoms with van der Waals surface area (Å²) >= 11 is 0. The molecule has 0 saturated carbocycles. The Hall–Kier alpha value is -3.06. The Labute approximate surface area is 176 Å². The van der Waals surface area contributed by atoms with Crippen LogP contribution in [0.5, 0.6) is 0 Å². The fourth-order valence-corrected chi connectivity index (χ4v) is 3.82. The molecule has 1 saturated heterocycles. The van der Waals surface area contributed by atoms with Crippen LogP contribution in [0.4, 0.5) is 0 Å². The first-order valence-electron chi connectivity index (χ1n) is 10.5. The molecule has 1 aliphatic heterocycles. The molecule has 7 nitrogen and oxygen atoms in total. The number of carbonyl (C=O) groups excluding carboxylic acids is 1. The second-order valence-corrected chi connectivity index (χ2v) is 7.69. The van der Waals surface area contributed by atoms with Gasteiger partial charge in [0.05, 0.1) is 23.5 Å². The van der Waals surface area contributed by atoms with E-state index >= 15 is 0 Å². The largest absolute Gasteiger partial charge is 0.359 e. The van der Waals surface area contributed by atoms with Crippen molar-refractivity contribution >= 4 is 5.91 Å². The highest BCUT2D eigenvalue weighted by Crippen LogP contribution is 2.26. The van der Waals surface area contributed by atoms with Gasteiger partial charge in [-0.3, -0.25) is 19.7 Å². The first-order valence-corrected chi connectivity index (χ1v) is 10.5. The van der Waals surface area contributed by atoms with Crippen LogP contribution in [-0.4, -0.2) is 39.0 Å². The topological polar surface area (TPSA) is 84.2 Å². The maximum absolute atomic E-state index is 12.4. The summed E-state index contributed by atoms with van der Waals surface area (Å²) in [6, 6.07) is 11.7. The number of hydrogen-bond acceptors (Lipinski definition) is 6. The van der Waals surface area contributed by atoms with E-state index in [1.807, 2.05) is 43.5 Å². The highest BCUT2D eigenvalue weighted by atomic mass is 16.5. The van der Waals surface area contributed by atoms with E-state index in [1.54, 1.807) is 6.20 Å². The molecule has 3 aromatic heterocycles. The Morgan fingerprint density at radius 3 is 2.90 bits per heavy atom. The lowest BCUT2D eigenvalue weighted by Crippen LogP contribution is -2.34. The molecule has 7 heteroatoms. The van der Waals surface area contributed by atoms with Crippen molar-refractivity contribution in [3.05, 3.63) is 77.2 Å². The number of carbonyl (C=O) groups is 1. The Bertz CT molecular complexity index is 955. The van der Waals surface area contributed by atoms with Crippen molar-refractivity contribution in [2.75, 3.05) is 13.1 Å². The Morgan fingerprint density at radius 1 is 1.23 bits per heavy atom. The molecular formula is C23H27N5O2. The summed E-state index contributed by atoms with van der Waals surface area (Å²) in [5.74, 6) is 0.866. The molecule has 1 amide bonds. The number of aryl methyl sites for hydroxylation is 1. The third-order valence-corrected chi connectivity index (χ3v) is 5.48. The number of piperidine rings is 1. The van der Waals surface area contributed by atoms with Crippen molar-refractivity contribution in [2.24, 2.45) is 0 Å². The lowest BCUT2D eigenvalue weighted by molar-refractivity contribution is 0.0946. The van der Waals surface area contributed by atoms with Gasteiger partial charge in [0.2, 0.25) is 0 Å². The molecule has 1 aliphatic rings. The molecule has 4 rings (SSSR count). The predicted molar refractivity (Wildman–Crippen MR) is 113 cm³/mol. The van der Waals surface area contributed by atoms with Crippen molar-refractivity contribution in [2.45, 2.75) is 45.2 Å². The van der Waals surface area contributed by atoms with E-state index in [4.69, 9.17) is 4.52 Å². The van der Waals surface area contributed by atoms with E-state index in [0.717, 1.165) is 56.0 Å². The molecule has 1 fully saturated rings. The molecule has 0 unspecified atom stereocenters. The molecule has 3 aromatic rings. The highest BCUT2D eigenvalue weighted by Gasteiger charge is 2.23. The van der Waals surface area contributed by atoms with E-state index in [1.165, 1.54) is 0 Å². The third-order valence-electron chi connectivity index (χ3n) is 5.48. The molecule has 4 heterocycles. The van der Waals surface area contributed by atoms with Gasteiger partial charge in [0.15, 0.2) is 5.76 Å². The van der Waals surface area contributed by atoms with Crippen LogP contribution in [-0.2, 0) is 19.5 Å². The minimum absolute atomic E-state index is 0.163. The summed E-state index contributed by atoms with van der Waals surface area (Å²) in [5.41, 5.74) is 3.57. The number of likely N-dealkylation sites (tertiary alicyclic amines) is 1. The fourth-order valence-electron chi connectivity index (χ4n) is 3.82. The molecule has 30 heavy (non-hydrogen) atoms. The van der Waals surface area contributed by atoms with Gasteiger partial charge in [-0.1, -0.05) is 18.1 Å². The van der Waals surface area contributed by atoms with Crippen molar-refractivity contribution in [1.82, 2.24) is 25.3 Å². The summed E-state index contributed by atoms with van der Waals surface area (Å²) in [7, 11) is 0. The number of pyridine rings is 2. The number of nitrogens with one attached hydrogen (secondary N) is 1. The van der Waals surface area contributed by atoms with E-state index in [0.29, 0.717) is 23.8 Å². The average Bonchev–Trinajstić information content (AvgIpc) is 3.27. The standard InChI is InChI=1S/C23H27N5O2/c1-2-19-12-21(30-27-19)14-26-23(29)17-8-9-22(25-13-17)18-6-5-11-28(15-18)16-20-7-3-4-10-24-20/h3-4,7-10,12-13,18H,2,5-6,11,14-16H2,1H3,(H,26,29)/t18-/m1/s1. The molecule has 156 valence electrons. The van der Waals surface area contributed by atoms with Crippen molar-refractivity contribution in [3.63, 3.8) is 0 Å². The van der Waals surface area contributed by atoms with Gasteiger partial charge < -0.3 is 9.84 Å². The van der Waals surface area contributed by atoms with Gasteiger partial charge in [-0.25, -0.2) is 0 Å². The van der Waals surface area contributed by atoms with Crippen LogP contribution >= 0.6 is 0 Å². The third kappa shape index (κ3) is 5.10. The van der Waals surface area contributed by atoms with Crippen LogP contribution < -0.4 is 5.32 Å². The van der Waals surface area contributed by atoms with Gasteiger partial charge in [-0.05, 0) is 50.1 Å².